The van der Waals surface area contributed by atoms with E-state index in [2.05, 4.69) is 5.32 Å². The number of rotatable bonds is 5. The second-order valence-corrected chi connectivity index (χ2v) is 3.93. The van der Waals surface area contributed by atoms with Crippen LogP contribution >= 0.6 is 0 Å². The third-order valence-corrected chi connectivity index (χ3v) is 2.62. The van der Waals surface area contributed by atoms with Crippen molar-refractivity contribution in [2.45, 2.75) is 19.8 Å². The van der Waals surface area contributed by atoms with Gasteiger partial charge in [0, 0.05) is 18.2 Å². The standard InChI is InChI=1S/C12H17FN2O2/c1-2-8(7-14)5-12(17)15-9-3-4-11(16)10(13)6-9/h3-4,6,8,16H,2,5,7,14H2,1H3,(H,15,17). The number of amides is 1. The average Bonchev–Trinajstić information content (AvgIpc) is 2.31. The van der Waals surface area contributed by atoms with Crippen molar-refractivity contribution in [3.05, 3.63) is 24.0 Å². The molecule has 0 radical (unpaired) electrons. The summed E-state index contributed by atoms with van der Waals surface area (Å²) in [5.41, 5.74) is 5.83. The molecule has 4 nitrogen and oxygen atoms in total. The van der Waals surface area contributed by atoms with E-state index < -0.39 is 11.6 Å². The number of hydrogen-bond acceptors (Lipinski definition) is 3. The maximum Gasteiger partial charge on any atom is 0.224 e. The van der Waals surface area contributed by atoms with Gasteiger partial charge in [0.05, 0.1) is 0 Å². The highest BCUT2D eigenvalue weighted by atomic mass is 19.1. The number of hydrogen-bond donors (Lipinski definition) is 3. The Bertz CT molecular complexity index is 392. The van der Waals surface area contributed by atoms with E-state index in [0.29, 0.717) is 18.7 Å². The van der Waals surface area contributed by atoms with E-state index in [1.165, 1.54) is 12.1 Å². The number of nitrogens with one attached hydrogen (secondary N) is 1. The van der Waals surface area contributed by atoms with Gasteiger partial charge in [0.25, 0.3) is 0 Å². The SMILES string of the molecule is CCC(CN)CC(=O)Nc1ccc(O)c(F)c1. The maximum absolute atomic E-state index is 13.0. The van der Waals surface area contributed by atoms with Crippen LogP contribution in [0.4, 0.5) is 10.1 Å². The topological polar surface area (TPSA) is 75.4 Å². The number of carbonyl (C=O) groups is 1. The molecule has 0 heterocycles. The molecule has 4 N–H and O–H groups in total. The van der Waals surface area contributed by atoms with Crippen molar-refractivity contribution in [1.29, 1.82) is 0 Å². The van der Waals surface area contributed by atoms with Gasteiger partial charge in [0.15, 0.2) is 11.6 Å². The number of benzene rings is 1. The van der Waals surface area contributed by atoms with E-state index in [9.17, 15) is 9.18 Å². The first kappa shape index (κ1) is 13.4. The van der Waals surface area contributed by atoms with Gasteiger partial charge in [0.1, 0.15) is 0 Å². The lowest BCUT2D eigenvalue weighted by atomic mass is 10.0. The van der Waals surface area contributed by atoms with Crippen molar-refractivity contribution < 1.29 is 14.3 Å². The number of carbonyl (C=O) groups excluding carboxylic acids is 1. The first-order chi connectivity index (χ1) is 8.06. The largest absolute Gasteiger partial charge is 0.505 e. The molecule has 1 rings (SSSR count). The molecule has 0 saturated carbocycles. The van der Waals surface area contributed by atoms with Gasteiger partial charge in [0.2, 0.25) is 5.91 Å². The smallest absolute Gasteiger partial charge is 0.224 e. The highest BCUT2D eigenvalue weighted by Crippen LogP contribution is 2.19. The number of phenolic OH excluding ortho intramolecular Hbond substituents is 1. The zero-order valence-corrected chi connectivity index (χ0v) is 9.74. The first-order valence-electron chi connectivity index (χ1n) is 5.55. The monoisotopic (exact) mass is 240 g/mol. The van der Waals surface area contributed by atoms with Crippen LogP contribution in [0.5, 0.6) is 5.75 Å². The van der Waals surface area contributed by atoms with Gasteiger partial charge >= 0.3 is 0 Å². The quantitative estimate of drug-likeness (QED) is 0.687. The molecule has 1 aromatic rings. The van der Waals surface area contributed by atoms with Crippen LogP contribution < -0.4 is 11.1 Å². The molecule has 0 aliphatic rings. The normalized spacial score (nSPS) is 12.2. The number of anilines is 1. The highest BCUT2D eigenvalue weighted by Gasteiger charge is 2.11. The number of nitrogens with two attached hydrogens (primary N) is 1. The summed E-state index contributed by atoms with van der Waals surface area (Å²) in [5.74, 6) is -1.26. The lowest BCUT2D eigenvalue weighted by molar-refractivity contribution is -0.117. The predicted molar refractivity (Wildman–Crippen MR) is 64.1 cm³/mol. The molecule has 0 fully saturated rings. The average molecular weight is 240 g/mol. The van der Waals surface area contributed by atoms with Crippen molar-refractivity contribution in [1.82, 2.24) is 0 Å². The third-order valence-electron chi connectivity index (χ3n) is 2.62. The minimum absolute atomic E-state index is 0.136. The lowest BCUT2D eigenvalue weighted by Crippen LogP contribution is -2.21. The van der Waals surface area contributed by atoms with E-state index in [4.69, 9.17) is 10.8 Å². The van der Waals surface area contributed by atoms with Crippen molar-refractivity contribution in [2.75, 3.05) is 11.9 Å². The summed E-state index contributed by atoms with van der Waals surface area (Å²) < 4.78 is 13.0. The van der Waals surface area contributed by atoms with Gasteiger partial charge < -0.3 is 16.2 Å². The summed E-state index contributed by atoms with van der Waals surface area (Å²) in [4.78, 5) is 11.6. The van der Waals surface area contributed by atoms with E-state index in [1.54, 1.807) is 0 Å². The molecule has 1 atom stereocenters. The fourth-order valence-electron chi connectivity index (χ4n) is 1.45. The Kier molecular flexibility index (Phi) is 4.90. The van der Waals surface area contributed by atoms with Crippen LogP contribution in [0, 0.1) is 11.7 Å². The summed E-state index contributed by atoms with van der Waals surface area (Å²) in [6, 6.07) is 3.72. The zero-order valence-electron chi connectivity index (χ0n) is 9.74. The number of halogens is 1. The molecule has 0 bridgehead atoms. The summed E-state index contributed by atoms with van der Waals surface area (Å²) in [6.07, 6.45) is 1.14. The van der Waals surface area contributed by atoms with Crippen molar-refractivity contribution >= 4 is 11.6 Å². The first-order valence-corrected chi connectivity index (χ1v) is 5.55. The van der Waals surface area contributed by atoms with Crippen molar-refractivity contribution in [3.8, 4) is 5.75 Å². The molecular weight excluding hydrogens is 223 g/mol. The molecule has 1 amide bonds. The molecule has 0 spiro atoms. The molecule has 1 aromatic carbocycles. The summed E-state index contributed by atoms with van der Waals surface area (Å²) >= 11 is 0. The van der Waals surface area contributed by atoms with Crippen LogP contribution in [0.2, 0.25) is 0 Å². The van der Waals surface area contributed by atoms with Crippen molar-refractivity contribution in [3.63, 3.8) is 0 Å². The van der Waals surface area contributed by atoms with Crippen LogP contribution in [-0.2, 0) is 4.79 Å². The third kappa shape index (κ3) is 4.03. The number of phenols is 1. The molecule has 0 saturated heterocycles. The Labute approximate surface area is 99.6 Å². The van der Waals surface area contributed by atoms with E-state index in [1.807, 2.05) is 6.92 Å². The summed E-state index contributed by atoms with van der Waals surface area (Å²) in [7, 11) is 0. The predicted octanol–water partition coefficient (Wildman–Crippen LogP) is 1.84. The van der Waals surface area contributed by atoms with E-state index in [-0.39, 0.29) is 11.8 Å². The van der Waals surface area contributed by atoms with Crippen LogP contribution in [-0.4, -0.2) is 17.6 Å². The van der Waals surface area contributed by atoms with Gasteiger partial charge in [-0.25, -0.2) is 4.39 Å². The molecule has 0 aliphatic carbocycles. The molecule has 0 aromatic heterocycles. The lowest BCUT2D eigenvalue weighted by Gasteiger charge is -2.12. The minimum Gasteiger partial charge on any atom is -0.505 e. The Morgan fingerprint density at radius 1 is 1.59 bits per heavy atom. The van der Waals surface area contributed by atoms with E-state index >= 15 is 0 Å². The molecule has 5 heteroatoms. The van der Waals surface area contributed by atoms with Gasteiger partial charge in [-0.05, 0) is 24.6 Å². The Morgan fingerprint density at radius 3 is 2.82 bits per heavy atom. The van der Waals surface area contributed by atoms with Gasteiger partial charge in [-0.3, -0.25) is 4.79 Å². The van der Waals surface area contributed by atoms with Crippen molar-refractivity contribution in [2.24, 2.45) is 11.7 Å². The molecular formula is C12H17FN2O2. The molecule has 17 heavy (non-hydrogen) atoms. The molecule has 1 unspecified atom stereocenters. The minimum atomic E-state index is -0.756. The Morgan fingerprint density at radius 2 is 2.29 bits per heavy atom. The summed E-state index contributed by atoms with van der Waals surface area (Å²) in [5, 5.41) is 11.6. The fourth-order valence-corrected chi connectivity index (χ4v) is 1.45. The van der Waals surface area contributed by atoms with Crippen LogP contribution in [0.25, 0.3) is 0 Å². The van der Waals surface area contributed by atoms with Crippen LogP contribution in [0.15, 0.2) is 18.2 Å². The molecule has 0 aliphatic heterocycles. The van der Waals surface area contributed by atoms with Gasteiger partial charge in [-0.15, -0.1) is 0 Å². The van der Waals surface area contributed by atoms with Crippen LogP contribution in [0.1, 0.15) is 19.8 Å². The second-order valence-electron chi connectivity index (χ2n) is 3.93. The maximum atomic E-state index is 13.0. The van der Waals surface area contributed by atoms with Gasteiger partial charge in [-0.2, -0.15) is 0 Å². The Hall–Kier alpha value is -1.62. The van der Waals surface area contributed by atoms with Gasteiger partial charge in [-0.1, -0.05) is 13.3 Å². The highest BCUT2D eigenvalue weighted by molar-refractivity contribution is 5.90. The second kappa shape index (κ2) is 6.20. The fraction of sp³-hybridized carbons (Fsp3) is 0.417. The Balaban J connectivity index is 2.58. The van der Waals surface area contributed by atoms with Crippen LogP contribution in [0.3, 0.4) is 0 Å². The molecule has 94 valence electrons. The summed E-state index contributed by atoms with van der Waals surface area (Å²) in [6.45, 7) is 2.42. The zero-order chi connectivity index (χ0) is 12.8. The number of aromatic hydroxyl groups is 1. The van der Waals surface area contributed by atoms with E-state index in [0.717, 1.165) is 12.5 Å².